The molecule has 0 aliphatic heterocycles. The van der Waals surface area contributed by atoms with Crippen LogP contribution in [0.5, 0.6) is 5.75 Å². The highest BCUT2D eigenvalue weighted by atomic mass is 16.5. The van der Waals surface area contributed by atoms with Gasteiger partial charge in [-0.25, -0.2) is 0 Å². The van der Waals surface area contributed by atoms with Crippen LogP contribution in [-0.4, -0.2) is 27.4 Å². The zero-order chi connectivity index (χ0) is 19.3. The first-order valence-electron chi connectivity index (χ1n) is 8.83. The maximum absolute atomic E-state index is 5.36. The summed E-state index contributed by atoms with van der Waals surface area (Å²) in [6.45, 7) is 2.64. The zero-order valence-electron chi connectivity index (χ0n) is 15.6. The van der Waals surface area contributed by atoms with Gasteiger partial charge < -0.3 is 14.6 Å². The molecule has 0 radical (unpaired) electrons. The predicted octanol–water partition coefficient (Wildman–Crippen LogP) is 4.12. The summed E-state index contributed by atoms with van der Waals surface area (Å²) in [5.41, 5.74) is 3.66. The lowest BCUT2D eigenvalue weighted by molar-refractivity contribution is 0.414. The van der Waals surface area contributed by atoms with Crippen molar-refractivity contribution in [1.82, 2.24) is 20.3 Å². The van der Waals surface area contributed by atoms with Crippen LogP contribution in [0.25, 0.3) is 23.0 Å². The molecule has 0 aliphatic rings. The number of anilines is 1. The third-order valence-electron chi connectivity index (χ3n) is 4.33. The smallest absolute Gasteiger partial charge is 0.278 e. The predicted molar refractivity (Wildman–Crippen MR) is 106 cm³/mol. The van der Waals surface area contributed by atoms with Crippen LogP contribution in [0.1, 0.15) is 11.1 Å². The average molecular weight is 373 g/mol. The fraction of sp³-hybridized carbons (Fsp3) is 0.143. The lowest BCUT2D eigenvalue weighted by Crippen LogP contribution is -2.02. The molecule has 4 rings (SSSR count). The number of nitrogens with zero attached hydrogens (tertiary/aromatic N) is 4. The number of rotatable bonds is 6. The lowest BCUT2D eigenvalue weighted by atomic mass is 10.1. The number of hydrogen-bond donors (Lipinski definition) is 1. The van der Waals surface area contributed by atoms with Crippen molar-refractivity contribution < 1.29 is 9.26 Å². The molecule has 7 heteroatoms. The third kappa shape index (κ3) is 3.83. The SMILES string of the molecule is COc1ccc(CNc2ccc(-c3nc(-c4ccccc4C)no3)nn2)cc1. The Hall–Kier alpha value is -3.74. The third-order valence-corrected chi connectivity index (χ3v) is 4.33. The topological polar surface area (TPSA) is 86.0 Å². The molecule has 7 nitrogen and oxygen atoms in total. The molecule has 0 spiro atoms. The Morgan fingerprint density at radius 1 is 0.964 bits per heavy atom. The molecule has 0 atom stereocenters. The number of benzene rings is 2. The quantitative estimate of drug-likeness (QED) is 0.544. The van der Waals surface area contributed by atoms with Crippen molar-refractivity contribution in [2.45, 2.75) is 13.5 Å². The van der Waals surface area contributed by atoms with Gasteiger partial charge in [-0.3, -0.25) is 0 Å². The number of methoxy groups -OCH3 is 1. The lowest BCUT2D eigenvalue weighted by Gasteiger charge is -2.06. The van der Waals surface area contributed by atoms with E-state index in [2.05, 4.69) is 25.7 Å². The van der Waals surface area contributed by atoms with Gasteiger partial charge in [0.05, 0.1) is 7.11 Å². The molecule has 2 aromatic carbocycles. The van der Waals surface area contributed by atoms with Gasteiger partial charge in [0, 0.05) is 12.1 Å². The molecular weight excluding hydrogens is 354 g/mol. The van der Waals surface area contributed by atoms with E-state index in [-0.39, 0.29) is 0 Å². The minimum Gasteiger partial charge on any atom is -0.497 e. The van der Waals surface area contributed by atoms with Crippen LogP contribution in [0.15, 0.2) is 65.2 Å². The molecule has 28 heavy (non-hydrogen) atoms. The monoisotopic (exact) mass is 373 g/mol. The Labute approximate surface area is 162 Å². The summed E-state index contributed by atoms with van der Waals surface area (Å²) in [7, 11) is 1.65. The van der Waals surface area contributed by atoms with Crippen LogP contribution in [0.3, 0.4) is 0 Å². The molecular formula is C21H19N5O2. The summed E-state index contributed by atoms with van der Waals surface area (Å²) in [6.07, 6.45) is 0. The van der Waals surface area contributed by atoms with Gasteiger partial charge in [-0.2, -0.15) is 4.98 Å². The number of aryl methyl sites for hydroxylation is 1. The highest BCUT2D eigenvalue weighted by Gasteiger charge is 2.13. The van der Waals surface area contributed by atoms with Gasteiger partial charge in [0.15, 0.2) is 5.69 Å². The summed E-state index contributed by atoms with van der Waals surface area (Å²) in [5.74, 6) is 2.37. The standard InChI is InChI=1S/C21H19N5O2/c1-14-5-3-4-6-17(14)20-23-21(28-26-20)18-11-12-19(25-24-18)22-13-15-7-9-16(27-2)10-8-15/h3-12H,13H2,1-2H3,(H,22,25). The number of nitrogens with one attached hydrogen (secondary N) is 1. The van der Waals surface area contributed by atoms with Gasteiger partial charge in [0.2, 0.25) is 5.82 Å². The first-order chi connectivity index (χ1) is 13.7. The van der Waals surface area contributed by atoms with Crippen molar-refractivity contribution >= 4 is 5.82 Å². The van der Waals surface area contributed by atoms with Crippen LogP contribution < -0.4 is 10.1 Å². The van der Waals surface area contributed by atoms with E-state index in [1.165, 1.54) is 0 Å². The fourth-order valence-electron chi connectivity index (χ4n) is 2.74. The molecule has 0 aliphatic carbocycles. The number of aromatic nitrogens is 4. The summed E-state index contributed by atoms with van der Waals surface area (Å²) in [6, 6.07) is 19.4. The van der Waals surface area contributed by atoms with E-state index < -0.39 is 0 Å². The molecule has 0 saturated carbocycles. The maximum Gasteiger partial charge on any atom is 0.278 e. The van der Waals surface area contributed by atoms with Crippen LogP contribution >= 0.6 is 0 Å². The second-order valence-corrected chi connectivity index (χ2v) is 6.24. The van der Waals surface area contributed by atoms with Gasteiger partial charge in [0.1, 0.15) is 11.6 Å². The molecule has 0 bridgehead atoms. The van der Waals surface area contributed by atoms with Gasteiger partial charge in [0.25, 0.3) is 5.89 Å². The molecule has 0 saturated heterocycles. The minimum atomic E-state index is 0.340. The molecule has 2 heterocycles. The zero-order valence-corrected chi connectivity index (χ0v) is 15.6. The van der Waals surface area contributed by atoms with Gasteiger partial charge in [-0.1, -0.05) is 41.6 Å². The largest absolute Gasteiger partial charge is 0.497 e. The summed E-state index contributed by atoms with van der Waals surface area (Å²) in [4.78, 5) is 4.44. The van der Waals surface area contributed by atoms with Gasteiger partial charge in [-0.15, -0.1) is 10.2 Å². The van der Waals surface area contributed by atoms with E-state index in [0.29, 0.717) is 29.8 Å². The second-order valence-electron chi connectivity index (χ2n) is 6.24. The van der Waals surface area contributed by atoms with Crippen LogP contribution in [0.2, 0.25) is 0 Å². The molecule has 1 N–H and O–H groups in total. The highest BCUT2D eigenvalue weighted by Crippen LogP contribution is 2.23. The van der Waals surface area contributed by atoms with E-state index >= 15 is 0 Å². The first-order valence-corrected chi connectivity index (χ1v) is 8.83. The normalized spacial score (nSPS) is 10.6. The van der Waals surface area contributed by atoms with E-state index in [4.69, 9.17) is 9.26 Å². The van der Waals surface area contributed by atoms with Crippen molar-refractivity contribution in [2.24, 2.45) is 0 Å². The van der Waals surface area contributed by atoms with Gasteiger partial charge >= 0.3 is 0 Å². The van der Waals surface area contributed by atoms with E-state index in [0.717, 1.165) is 22.4 Å². The highest BCUT2D eigenvalue weighted by molar-refractivity contribution is 5.61. The van der Waals surface area contributed by atoms with Crippen LogP contribution in [-0.2, 0) is 6.54 Å². The first kappa shape index (κ1) is 17.7. The number of ether oxygens (including phenoxy) is 1. The second kappa shape index (κ2) is 7.87. The Bertz CT molecular complexity index is 1060. The summed E-state index contributed by atoms with van der Waals surface area (Å²) >= 11 is 0. The summed E-state index contributed by atoms with van der Waals surface area (Å²) in [5, 5.41) is 15.7. The van der Waals surface area contributed by atoms with Crippen molar-refractivity contribution in [3.05, 3.63) is 71.8 Å². The molecule has 2 aromatic heterocycles. The molecule has 4 aromatic rings. The maximum atomic E-state index is 5.36. The van der Waals surface area contributed by atoms with Crippen LogP contribution in [0, 0.1) is 6.92 Å². The molecule has 0 unspecified atom stereocenters. The van der Waals surface area contributed by atoms with Crippen molar-refractivity contribution in [1.29, 1.82) is 0 Å². The van der Waals surface area contributed by atoms with Crippen molar-refractivity contribution in [3.8, 4) is 28.7 Å². The average Bonchev–Trinajstić information content (AvgIpc) is 3.23. The van der Waals surface area contributed by atoms with E-state index in [1.54, 1.807) is 13.2 Å². The van der Waals surface area contributed by atoms with Crippen LogP contribution in [0.4, 0.5) is 5.82 Å². The Kier molecular flexibility index (Phi) is 4.97. The Morgan fingerprint density at radius 2 is 1.79 bits per heavy atom. The fourth-order valence-corrected chi connectivity index (χ4v) is 2.74. The summed E-state index contributed by atoms with van der Waals surface area (Å²) < 4.78 is 10.5. The molecule has 140 valence electrons. The van der Waals surface area contributed by atoms with Gasteiger partial charge in [-0.05, 0) is 42.3 Å². The minimum absolute atomic E-state index is 0.340. The Morgan fingerprint density at radius 3 is 2.50 bits per heavy atom. The number of hydrogen-bond acceptors (Lipinski definition) is 7. The molecule has 0 fully saturated rings. The van der Waals surface area contributed by atoms with Crippen molar-refractivity contribution in [3.63, 3.8) is 0 Å². The van der Waals surface area contributed by atoms with Crippen molar-refractivity contribution in [2.75, 3.05) is 12.4 Å². The Balaban J connectivity index is 1.44. The molecule has 0 amide bonds. The van der Waals surface area contributed by atoms with E-state index in [1.807, 2.05) is 61.5 Å². The van der Waals surface area contributed by atoms with E-state index in [9.17, 15) is 0 Å².